The van der Waals surface area contributed by atoms with Crippen molar-refractivity contribution in [3.8, 4) is 0 Å². The lowest BCUT2D eigenvalue weighted by Gasteiger charge is -2.49. The predicted molar refractivity (Wildman–Crippen MR) is 197 cm³/mol. The number of benzene rings is 2. The van der Waals surface area contributed by atoms with Gasteiger partial charge >= 0.3 is 0 Å². The first kappa shape index (κ1) is 35.0. The van der Waals surface area contributed by atoms with Crippen molar-refractivity contribution in [2.75, 3.05) is 0 Å². The number of carbonyl (C=O) groups excluding carboxylic acids is 3. The van der Waals surface area contributed by atoms with Gasteiger partial charge < -0.3 is 25.5 Å². The minimum atomic E-state index is -0.872. The number of aromatic nitrogens is 5. The minimum absolute atomic E-state index is 0.00703. The van der Waals surface area contributed by atoms with E-state index in [2.05, 4.69) is 42.3 Å². The van der Waals surface area contributed by atoms with E-state index in [0.717, 1.165) is 44.3 Å². The first-order valence-electron chi connectivity index (χ1n) is 18.5. The number of hydrogen-bond acceptors (Lipinski definition) is 7. The second kappa shape index (κ2) is 13.1. The number of amides is 3. The van der Waals surface area contributed by atoms with Crippen LogP contribution < -0.4 is 16.0 Å². The molecule has 0 bridgehead atoms. The van der Waals surface area contributed by atoms with Gasteiger partial charge in [-0.2, -0.15) is 0 Å². The van der Waals surface area contributed by atoms with Crippen LogP contribution in [0.2, 0.25) is 0 Å². The van der Waals surface area contributed by atoms with Gasteiger partial charge in [-0.25, -0.2) is 4.68 Å². The number of carbonyl (C=O) groups is 3. The Morgan fingerprint density at radius 3 is 2.21 bits per heavy atom. The number of nitrogens with zero attached hydrogens (tertiary/aromatic N) is 5. The van der Waals surface area contributed by atoms with Gasteiger partial charge in [0, 0.05) is 57.2 Å². The number of hydroxylamine groups is 2. The van der Waals surface area contributed by atoms with E-state index in [4.69, 9.17) is 0 Å². The molecule has 8 rings (SSSR count). The molecular formula is C39H47N10O4. The van der Waals surface area contributed by atoms with Gasteiger partial charge in [-0.1, -0.05) is 41.6 Å². The minimum Gasteiger partial charge on any atom is -0.357 e. The van der Waals surface area contributed by atoms with Crippen molar-refractivity contribution in [1.29, 1.82) is 0 Å². The highest BCUT2D eigenvalue weighted by molar-refractivity contribution is 5.95. The molecule has 1 saturated heterocycles. The number of aromatic amines is 2. The largest absolute Gasteiger partial charge is 0.357 e. The average molecular weight is 720 g/mol. The molecule has 1 fully saturated rings. The van der Waals surface area contributed by atoms with Gasteiger partial charge in [0.15, 0.2) is 0 Å². The van der Waals surface area contributed by atoms with Gasteiger partial charge in [-0.15, -0.1) is 15.4 Å². The third-order valence-corrected chi connectivity index (χ3v) is 11.4. The molecule has 14 nitrogen and oxygen atoms in total. The maximum absolute atomic E-state index is 14.4. The van der Waals surface area contributed by atoms with Crippen LogP contribution in [0.1, 0.15) is 81.7 Å². The van der Waals surface area contributed by atoms with E-state index in [1.54, 1.807) is 16.5 Å². The smallest absolute Gasteiger partial charge is 0.243 e. The van der Waals surface area contributed by atoms with Crippen LogP contribution in [-0.4, -0.2) is 81.8 Å². The Morgan fingerprint density at radius 2 is 1.53 bits per heavy atom. The molecule has 277 valence electrons. The zero-order valence-electron chi connectivity index (χ0n) is 30.8. The third kappa shape index (κ3) is 6.38. The van der Waals surface area contributed by atoms with Crippen molar-refractivity contribution in [1.82, 2.24) is 50.9 Å². The number of rotatable bonds is 7. The van der Waals surface area contributed by atoms with Crippen LogP contribution in [0.5, 0.6) is 0 Å². The molecule has 5 aromatic rings. The SMILES string of the molecule is C[C@@H](NC(=O)[C@@H]1Cc2c([nH]c3ccccc23)CN1C(=O)[C@@H]1Cc2c([nH]c3ccccc23)CN1)C(=O)NCc1cn(C2CC(C)(C)N([O])C(C)(C)C2)nn1. The molecule has 3 atom stereocenters. The molecule has 6 heterocycles. The van der Waals surface area contributed by atoms with Gasteiger partial charge in [-0.05, 0) is 77.1 Å². The molecule has 0 spiro atoms. The molecule has 2 aromatic carbocycles. The summed E-state index contributed by atoms with van der Waals surface area (Å²) in [7, 11) is 0. The fourth-order valence-electron chi connectivity index (χ4n) is 8.87. The second-order valence-corrected chi connectivity index (χ2v) is 16.2. The fraction of sp³-hybridized carbons (Fsp3) is 0.462. The Hall–Kier alpha value is -5.05. The highest BCUT2D eigenvalue weighted by Gasteiger charge is 2.47. The molecule has 3 aromatic heterocycles. The van der Waals surface area contributed by atoms with E-state index in [-0.39, 0.29) is 36.9 Å². The van der Waals surface area contributed by atoms with Gasteiger partial charge in [-0.3, -0.25) is 19.7 Å². The number of piperidine rings is 1. The van der Waals surface area contributed by atoms with E-state index >= 15 is 0 Å². The highest BCUT2D eigenvalue weighted by Crippen LogP contribution is 2.42. The van der Waals surface area contributed by atoms with Crippen LogP contribution >= 0.6 is 0 Å². The van der Waals surface area contributed by atoms with Crippen LogP contribution in [0.25, 0.3) is 21.8 Å². The molecule has 14 heteroatoms. The first-order chi connectivity index (χ1) is 25.3. The summed E-state index contributed by atoms with van der Waals surface area (Å²) in [5, 5.41) is 33.9. The Labute approximate surface area is 307 Å². The lowest BCUT2D eigenvalue weighted by molar-refractivity contribution is -0.293. The van der Waals surface area contributed by atoms with Crippen LogP contribution in [0.4, 0.5) is 0 Å². The monoisotopic (exact) mass is 719 g/mol. The summed E-state index contributed by atoms with van der Waals surface area (Å²) in [6.45, 7) is 10.3. The topological polar surface area (TPSA) is 176 Å². The molecule has 0 saturated carbocycles. The average Bonchev–Trinajstić information content (AvgIpc) is 3.86. The van der Waals surface area contributed by atoms with E-state index in [1.807, 2.05) is 76.4 Å². The van der Waals surface area contributed by atoms with Crippen molar-refractivity contribution in [3.63, 3.8) is 0 Å². The summed E-state index contributed by atoms with van der Waals surface area (Å²) >= 11 is 0. The van der Waals surface area contributed by atoms with Crippen LogP contribution in [0.3, 0.4) is 0 Å². The van der Waals surface area contributed by atoms with Crippen LogP contribution in [0, 0.1) is 0 Å². The molecule has 3 aliphatic rings. The van der Waals surface area contributed by atoms with Crippen LogP contribution in [-0.2, 0) is 52.1 Å². The molecule has 3 aliphatic heterocycles. The molecule has 1 radical (unpaired) electrons. The lowest BCUT2D eigenvalue weighted by atomic mass is 9.79. The fourth-order valence-corrected chi connectivity index (χ4v) is 8.87. The van der Waals surface area contributed by atoms with Crippen molar-refractivity contribution < 1.29 is 19.6 Å². The molecule has 0 aliphatic carbocycles. The Bertz CT molecular complexity index is 2200. The van der Waals surface area contributed by atoms with Crippen molar-refractivity contribution in [2.24, 2.45) is 0 Å². The molecule has 3 amide bonds. The van der Waals surface area contributed by atoms with E-state index in [1.165, 1.54) is 5.06 Å². The van der Waals surface area contributed by atoms with Gasteiger partial charge in [0.2, 0.25) is 17.7 Å². The normalized spacial score (nSPS) is 22.0. The van der Waals surface area contributed by atoms with Crippen molar-refractivity contribution in [3.05, 3.63) is 82.9 Å². The van der Waals surface area contributed by atoms with E-state index in [9.17, 15) is 19.6 Å². The number of para-hydroxylation sites is 2. The number of H-pyrrole nitrogens is 2. The summed E-state index contributed by atoms with van der Waals surface area (Å²) in [6, 6.07) is 13.8. The second-order valence-electron chi connectivity index (χ2n) is 16.2. The molecule has 53 heavy (non-hydrogen) atoms. The summed E-state index contributed by atoms with van der Waals surface area (Å²) < 4.78 is 1.79. The predicted octanol–water partition coefficient (Wildman–Crippen LogP) is 3.57. The number of nitrogens with one attached hydrogen (secondary N) is 5. The summed E-state index contributed by atoms with van der Waals surface area (Å²) in [6.07, 6.45) is 3.88. The number of hydrogen-bond donors (Lipinski definition) is 5. The summed E-state index contributed by atoms with van der Waals surface area (Å²) in [5.74, 6) is -0.920. The maximum atomic E-state index is 14.4. The van der Waals surface area contributed by atoms with Gasteiger partial charge in [0.1, 0.15) is 17.8 Å². The van der Waals surface area contributed by atoms with Gasteiger partial charge in [0.05, 0.1) is 31.4 Å². The van der Waals surface area contributed by atoms with E-state index < -0.39 is 29.2 Å². The zero-order chi connectivity index (χ0) is 37.2. The van der Waals surface area contributed by atoms with Crippen LogP contribution in [0.15, 0.2) is 54.7 Å². The summed E-state index contributed by atoms with van der Waals surface area (Å²) in [5.41, 5.74) is 5.57. The maximum Gasteiger partial charge on any atom is 0.243 e. The Kier molecular flexibility index (Phi) is 8.66. The zero-order valence-corrected chi connectivity index (χ0v) is 30.8. The molecule has 5 N–H and O–H groups in total. The Morgan fingerprint density at radius 1 is 0.906 bits per heavy atom. The standard InChI is InChI=1S/C39H47N10O4/c1-22(35(50)41-18-23-20-48(46-45-23)24-16-38(2,3)49(53)39(4,5)17-24)42-36(51)34-15-28-26-11-7-9-13-30(26)44-33(28)21-47(34)37(52)31-14-27-25-10-6-8-12-29(25)43-32(27)19-40-31/h6-13,20,22,24,31,34,40,43-44H,14-19,21H2,1-5H3,(H,41,50)(H,42,51)/t22-,31+,34+/m1/s1. The van der Waals surface area contributed by atoms with E-state index in [0.29, 0.717) is 37.9 Å². The third-order valence-electron chi connectivity index (χ3n) is 11.4. The molecule has 0 unspecified atom stereocenters. The van der Waals surface area contributed by atoms with Crippen molar-refractivity contribution in [2.45, 2.75) is 115 Å². The molecular weight excluding hydrogens is 672 g/mol. The van der Waals surface area contributed by atoms with Crippen molar-refractivity contribution >= 4 is 39.5 Å². The Balaban J connectivity index is 0.958. The number of fused-ring (bicyclic) bond motifs is 6. The highest BCUT2D eigenvalue weighted by atomic mass is 16.5. The lowest BCUT2D eigenvalue weighted by Crippen LogP contribution is -2.59. The quantitative estimate of drug-likeness (QED) is 0.171. The van der Waals surface area contributed by atoms with Gasteiger partial charge in [0.25, 0.3) is 0 Å². The summed E-state index contributed by atoms with van der Waals surface area (Å²) in [4.78, 5) is 50.4. The first-order valence-corrected chi connectivity index (χ1v) is 18.5.